The second kappa shape index (κ2) is 5.56. The summed E-state index contributed by atoms with van der Waals surface area (Å²) in [6.07, 6.45) is 0.535. The monoisotopic (exact) mass is 316 g/mol. The van der Waals surface area contributed by atoms with E-state index in [4.69, 9.17) is 11.6 Å². The van der Waals surface area contributed by atoms with E-state index in [0.29, 0.717) is 5.56 Å². The predicted octanol–water partition coefficient (Wildman–Crippen LogP) is 4.22. The zero-order valence-electron chi connectivity index (χ0n) is 11.0. The molecule has 112 valence electrons. The number of benzene rings is 1. The Hall–Kier alpha value is -1.75. The van der Waals surface area contributed by atoms with E-state index >= 15 is 0 Å². The van der Waals surface area contributed by atoms with Crippen molar-refractivity contribution in [2.75, 3.05) is 7.11 Å². The average Bonchev–Trinajstić information content (AvgIpc) is 2.46. The summed E-state index contributed by atoms with van der Waals surface area (Å²) in [5.74, 6) is -1.61. The number of alkyl halides is 4. The van der Waals surface area contributed by atoms with Gasteiger partial charge in [0.25, 0.3) is 0 Å². The van der Waals surface area contributed by atoms with Crippen LogP contribution in [0.5, 0.6) is 0 Å². The Balaban J connectivity index is 2.38. The Morgan fingerprint density at radius 1 is 1.24 bits per heavy atom. The maximum atomic E-state index is 13.2. The van der Waals surface area contributed by atoms with Gasteiger partial charge in [-0.1, -0.05) is 36.4 Å². The third-order valence-electron chi connectivity index (χ3n) is 3.33. The molecule has 2 rings (SSSR count). The number of hydrogen-bond donors (Lipinski definition) is 0. The number of halogens is 4. The Bertz CT molecular complexity index is 590. The molecule has 6 heteroatoms. The van der Waals surface area contributed by atoms with E-state index in [1.54, 1.807) is 0 Å². The highest BCUT2D eigenvalue weighted by Crippen LogP contribution is 2.49. The van der Waals surface area contributed by atoms with Crippen LogP contribution in [0.4, 0.5) is 13.2 Å². The van der Waals surface area contributed by atoms with E-state index in [-0.39, 0.29) is 5.56 Å². The fourth-order valence-corrected chi connectivity index (χ4v) is 2.45. The number of esters is 1. The van der Waals surface area contributed by atoms with Crippen LogP contribution >= 0.6 is 11.6 Å². The molecule has 0 bridgehead atoms. The number of carbonyl (C=O) groups is 1. The molecule has 0 saturated heterocycles. The summed E-state index contributed by atoms with van der Waals surface area (Å²) < 4.78 is 44.2. The number of ether oxygens (including phenoxy) is 1. The first-order chi connectivity index (χ1) is 9.79. The molecule has 0 aliphatic heterocycles. The molecule has 2 nitrogen and oxygen atoms in total. The smallest absolute Gasteiger partial charge is 0.412 e. The van der Waals surface area contributed by atoms with Crippen LogP contribution in [-0.4, -0.2) is 24.1 Å². The summed E-state index contributed by atoms with van der Waals surface area (Å²) in [5.41, 5.74) is 0.638. The Kier molecular flexibility index (Phi) is 4.14. The van der Waals surface area contributed by atoms with Gasteiger partial charge in [0.05, 0.1) is 12.7 Å². The minimum atomic E-state index is -4.60. The van der Waals surface area contributed by atoms with Gasteiger partial charge in [0.2, 0.25) is 0 Å². The molecule has 0 spiro atoms. The van der Waals surface area contributed by atoms with E-state index in [9.17, 15) is 18.0 Å². The molecule has 0 heterocycles. The summed E-state index contributed by atoms with van der Waals surface area (Å²) in [6.45, 7) is 0. The van der Waals surface area contributed by atoms with Crippen molar-refractivity contribution in [2.24, 2.45) is 0 Å². The quantitative estimate of drug-likeness (QED) is 0.603. The molecule has 0 amide bonds. The molecule has 0 aromatic heterocycles. The molecule has 0 radical (unpaired) electrons. The summed E-state index contributed by atoms with van der Waals surface area (Å²) in [5, 5.41) is 0. The Labute approximate surface area is 124 Å². The topological polar surface area (TPSA) is 26.3 Å². The lowest BCUT2D eigenvalue weighted by Gasteiger charge is -2.34. The molecule has 0 N–H and O–H groups in total. The van der Waals surface area contributed by atoms with Crippen molar-refractivity contribution in [3.63, 3.8) is 0 Å². The summed E-state index contributed by atoms with van der Waals surface area (Å²) in [7, 11) is 1.23. The Morgan fingerprint density at radius 2 is 1.86 bits per heavy atom. The van der Waals surface area contributed by atoms with Crippen LogP contribution in [0, 0.1) is 0 Å². The minimum absolute atomic E-state index is 0.267. The summed E-state index contributed by atoms with van der Waals surface area (Å²) >= 11 is 5.83. The molecule has 1 aliphatic carbocycles. The van der Waals surface area contributed by atoms with Crippen LogP contribution in [0.3, 0.4) is 0 Å². The molecular weight excluding hydrogens is 305 g/mol. The van der Waals surface area contributed by atoms with Gasteiger partial charge in [-0.25, -0.2) is 4.79 Å². The number of allylic oxidation sites excluding steroid dienone is 4. The molecule has 0 saturated carbocycles. The van der Waals surface area contributed by atoms with Crippen LogP contribution in [-0.2, 0) is 4.74 Å². The van der Waals surface area contributed by atoms with Crippen molar-refractivity contribution in [1.82, 2.24) is 0 Å². The third-order valence-corrected chi connectivity index (χ3v) is 3.91. The Morgan fingerprint density at radius 3 is 2.38 bits per heavy atom. The van der Waals surface area contributed by atoms with Crippen LogP contribution < -0.4 is 0 Å². The predicted molar refractivity (Wildman–Crippen MR) is 73.4 cm³/mol. The first-order valence-corrected chi connectivity index (χ1v) is 6.47. The summed E-state index contributed by atoms with van der Waals surface area (Å²) in [4.78, 5) is 8.84. The molecule has 2 atom stereocenters. The molecule has 0 fully saturated rings. The molecule has 1 aromatic carbocycles. The number of methoxy groups -OCH3 is 1. The van der Waals surface area contributed by atoms with Crippen molar-refractivity contribution in [1.29, 1.82) is 0 Å². The van der Waals surface area contributed by atoms with E-state index in [1.807, 2.05) is 0 Å². The largest absolute Gasteiger partial charge is 0.465 e. The number of rotatable bonds is 2. The van der Waals surface area contributed by atoms with Gasteiger partial charge in [-0.2, -0.15) is 13.2 Å². The fraction of sp³-hybridized carbons (Fsp3) is 0.267. The van der Waals surface area contributed by atoms with E-state index in [2.05, 4.69) is 4.74 Å². The van der Waals surface area contributed by atoms with Crippen molar-refractivity contribution in [3.8, 4) is 0 Å². The summed E-state index contributed by atoms with van der Waals surface area (Å²) in [6, 6.07) is 5.73. The lowest BCUT2D eigenvalue weighted by Crippen LogP contribution is -2.43. The third kappa shape index (κ3) is 2.83. The van der Waals surface area contributed by atoms with E-state index < -0.39 is 22.9 Å². The second-order valence-corrected chi connectivity index (χ2v) is 5.23. The molecule has 21 heavy (non-hydrogen) atoms. The molecule has 1 aliphatic rings. The van der Waals surface area contributed by atoms with Gasteiger partial charge in [-0.15, -0.1) is 11.6 Å². The molecule has 1 aromatic rings. The van der Waals surface area contributed by atoms with Crippen molar-refractivity contribution in [2.45, 2.75) is 17.0 Å². The highest BCUT2D eigenvalue weighted by molar-refractivity contribution is 6.27. The van der Waals surface area contributed by atoms with Crippen LogP contribution in [0.2, 0.25) is 0 Å². The van der Waals surface area contributed by atoms with E-state index in [1.165, 1.54) is 49.6 Å². The van der Waals surface area contributed by atoms with Gasteiger partial charge in [0.1, 0.15) is 0 Å². The van der Waals surface area contributed by atoms with Crippen molar-refractivity contribution < 1.29 is 22.7 Å². The van der Waals surface area contributed by atoms with Gasteiger partial charge < -0.3 is 4.74 Å². The highest BCUT2D eigenvalue weighted by atomic mass is 35.5. The lowest BCUT2D eigenvalue weighted by atomic mass is 9.81. The normalized spacial score (nSPS) is 24.9. The van der Waals surface area contributed by atoms with Gasteiger partial charge in [0.15, 0.2) is 4.87 Å². The molecule has 2 unspecified atom stereocenters. The van der Waals surface area contributed by atoms with Gasteiger partial charge in [-0.05, 0) is 17.7 Å². The zero-order valence-corrected chi connectivity index (χ0v) is 11.8. The fourth-order valence-electron chi connectivity index (χ4n) is 2.18. The van der Waals surface area contributed by atoms with Crippen LogP contribution in [0.1, 0.15) is 21.8 Å². The first-order valence-electron chi connectivity index (χ1n) is 6.09. The highest BCUT2D eigenvalue weighted by Gasteiger charge is 2.56. The van der Waals surface area contributed by atoms with Gasteiger partial charge in [-0.3, -0.25) is 0 Å². The van der Waals surface area contributed by atoms with Crippen LogP contribution in [0.15, 0.2) is 48.6 Å². The lowest BCUT2D eigenvalue weighted by molar-refractivity contribution is -0.153. The zero-order chi connectivity index (χ0) is 15.7. The minimum Gasteiger partial charge on any atom is -0.465 e. The second-order valence-electron chi connectivity index (χ2n) is 4.60. The molecular formula is C15H12ClF3O2. The maximum absolute atomic E-state index is 13.2. The number of carbonyl (C=O) groups excluding carboxylic acids is 1. The van der Waals surface area contributed by atoms with Crippen LogP contribution in [0.25, 0.3) is 0 Å². The van der Waals surface area contributed by atoms with Gasteiger partial charge >= 0.3 is 12.1 Å². The van der Waals surface area contributed by atoms with E-state index in [0.717, 1.165) is 6.08 Å². The number of hydrogen-bond acceptors (Lipinski definition) is 2. The first kappa shape index (κ1) is 15.6. The van der Waals surface area contributed by atoms with Gasteiger partial charge in [0, 0.05) is 5.92 Å². The SMILES string of the molecule is COC(=O)c1ccc(C2C=CC=CC2(Cl)C(F)(F)F)cc1. The average molecular weight is 317 g/mol. The standard InChI is InChI=1S/C15H12ClF3O2/c1-21-13(20)11-7-5-10(6-8-11)12-4-2-3-9-14(12,16)15(17,18)19/h2-9,12H,1H3. The van der Waals surface area contributed by atoms with Crippen molar-refractivity contribution in [3.05, 3.63) is 59.7 Å². The maximum Gasteiger partial charge on any atom is 0.412 e. The van der Waals surface area contributed by atoms with Crippen molar-refractivity contribution >= 4 is 17.6 Å².